The van der Waals surface area contributed by atoms with Crippen molar-refractivity contribution in [2.45, 2.75) is 26.3 Å². The fourth-order valence-electron chi connectivity index (χ4n) is 2.29. The summed E-state index contributed by atoms with van der Waals surface area (Å²) >= 11 is 3.28. The van der Waals surface area contributed by atoms with Gasteiger partial charge in [-0.15, -0.1) is 0 Å². The number of likely N-dealkylation sites (N-methyl/N-ethyl adjacent to an activating group) is 1. The van der Waals surface area contributed by atoms with Gasteiger partial charge in [-0.2, -0.15) is 0 Å². The van der Waals surface area contributed by atoms with Gasteiger partial charge in [0, 0.05) is 22.9 Å². The first-order chi connectivity index (χ1) is 9.61. The standard InChI is InChI=1S/C16H18BrFN2/c1-3-20-16(14-10-19-7-6-11(14)2)8-12-4-5-13(17)9-15(12)18/h4-7,9-10,16,20H,3,8H2,1-2H3. The van der Waals surface area contributed by atoms with Gasteiger partial charge in [-0.1, -0.05) is 28.9 Å². The number of rotatable bonds is 5. The van der Waals surface area contributed by atoms with Crippen LogP contribution >= 0.6 is 15.9 Å². The third-order valence-electron chi connectivity index (χ3n) is 3.34. The first-order valence-corrected chi connectivity index (χ1v) is 7.49. The molecule has 0 aliphatic carbocycles. The van der Waals surface area contributed by atoms with Crippen molar-refractivity contribution in [2.75, 3.05) is 6.54 Å². The second kappa shape index (κ2) is 6.95. The van der Waals surface area contributed by atoms with Crippen molar-refractivity contribution in [2.24, 2.45) is 0 Å². The van der Waals surface area contributed by atoms with Crippen LogP contribution < -0.4 is 5.32 Å². The molecule has 2 nitrogen and oxygen atoms in total. The van der Waals surface area contributed by atoms with Crippen molar-refractivity contribution < 1.29 is 4.39 Å². The van der Waals surface area contributed by atoms with E-state index in [1.807, 2.05) is 24.4 Å². The normalized spacial score (nSPS) is 12.4. The summed E-state index contributed by atoms with van der Waals surface area (Å²) in [5.41, 5.74) is 3.00. The minimum Gasteiger partial charge on any atom is -0.310 e. The van der Waals surface area contributed by atoms with E-state index < -0.39 is 0 Å². The molecule has 0 aliphatic heterocycles. The van der Waals surface area contributed by atoms with Gasteiger partial charge in [0.2, 0.25) is 0 Å². The predicted octanol–water partition coefficient (Wildman–Crippen LogP) is 4.18. The number of pyridine rings is 1. The Balaban J connectivity index is 2.28. The molecule has 0 bridgehead atoms. The van der Waals surface area contributed by atoms with Crippen LogP contribution in [0.4, 0.5) is 4.39 Å². The number of aromatic nitrogens is 1. The van der Waals surface area contributed by atoms with Crippen LogP contribution in [-0.2, 0) is 6.42 Å². The van der Waals surface area contributed by atoms with Gasteiger partial charge < -0.3 is 5.32 Å². The molecule has 106 valence electrons. The van der Waals surface area contributed by atoms with Crippen LogP contribution in [0.15, 0.2) is 41.1 Å². The van der Waals surface area contributed by atoms with E-state index in [0.717, 1.165) is 16.6 Å². The highest BCUT2D eigenvalue weighted by molar-refractivity contribution is 9.10. The summed E-state index contributed by atoms with van der Waals surface area (Å²) in [7, 11) is 0. The van der Waals surface area contributed by atoms with E-state index >= 15 is 0 Å². The fraction of sp³-hybridized carbons (Fsp3) is 0.312. The summed E-state index contributed by atoms with van der Waals surface area (Å²) < 4.78 is 14.8. The average Bonchev–Trinajstić information content (AvgIpc) is 2.42. The lowest BCUT2D eigenvalue weighted by molar-refractivity contribution is 0.524. The predicted molar refractivity (Wildman–Crippen MR) is 83.2 cm³/mol. The van der Waals surface area contributed by atoms with E-state index in [1.54, 1.807) is 6.20 Å². The van der Waals surface area contributed by atoms with Gasteiger partial charge in [-0.05, 0) is 54.8 Å². The molecule has 0 saturated carbocycles. The number of nitrogens with zero attached hydrogens (tertiary/aromatic N) is 1. The topological polar surface area (TPSA) is 24.9 Å². The van der Waals surface area contributed by atoms with Crippen LogP contribution in [0.3, 0.4) is 0 Å². The van der Waals surface area contributed by atoms with E-state index in [4.69, 9.17) is 0 Å². The fourth-order valence-corrected chi connectivity index (χ4v) is 2.62. The molecule has 1 N–H and O–H groups in total. The molecule has 0 aliphatic rings. The lowest BCUT2D eigenvalue weighted by Gasteiger charge is -2.20. The SMILES string of the molecule is CCNC(Cc1ccc(Br)cc1F)c1cnccc1C. The molecular weight excluding hydrogens is 319 g/mol. The maximum Gasteiger partial charge on any atom is 0.127 e. The smallest absolute Gasteiger partial charge is 0.127 e. The molecule has 1 aromatic carbocycles. The van der Waals surface area contributed by atoms with E-state index in [2.05, 4.69) is 40.1 Å². The van der Waals surface area contributed by atoms with Crippen LogP contribution in [0, 0.1) is 12.7 Å². The number of aryl methyl sites for hydroxylation is 1. The Kier molecular flexibility index (Phi) is 5.26. The Hall–Kier alpha value is -1.26. The molecule has 1 aromatic heterocycles. The highest BCUT2D eigenvalue weighted by Crippen LogP contribution is 2.24. The van der Waals surface area contributed by atoms with Crippen molar-refractivity contribution in [3.8, 4) is 0 Å². The molecule has 0 spiro atoms. The minimum atomic E-state index is -0.177. The summed E-state index contributed by atoms with van der Waals surface area (Å²) in [6, 6.07) is 7.27. The summed E-state index contributed by atoms with van der Waals surface area (Å²) in [5.74, 6) is -0.177. The van der Waals surface area contributed by atoms with Crippen molar-refractivity contribution >= 4 is 15.9 Å². The largest absolute Gasteiger partial charge is 0.310 e. The Morgan fingerprint density at radius 1 is 1.35 bits per heavy atom. The lowest BCUT2D eigenvalue weighted by atomic mass is 9.96. The first-order valence-electron chi connectivity index (χ1n) is 6.69. The van der Waals surface area contributed by atoms with E-state index in [-0.39, 0.29) is 11.9 Å². The van der Waals surface area contributed by atoms with Gasteiger partial charge in [0.25, 0.3) is 0 Å². The van der Waals surface area contributed by atoms with Gasteiger partial charge in [-0.25, -0.2) is 4.39 Å². The summed E-state index contributed by atoms with van der Waals surface area (Å²) in [6.45, 7) is 4.94. The van der Waals surface area contributed by atoms with Crippen molar-refractivity contribution in [1.82, 2.24) is 10.3 Å². The molecule has 0 radical (unpaired) electrons. The monoisotopic (exact) mass is 336 g/mol. The molecule has 1 unspecified atom stereocenters. The van der Waals surface area contributed by atoms with E-state index in [0.29, 0.717) is 12.0 Å². The maximum absolute atomic E-state index is 14.0. The third-order valence-corrected chi connectivity index (χ3v) is 3.84. The second-order valence-corrected chi connectivity index (χ2v) is 5.70. The second-order valence-electron chi connectivity index (χ2n) is 4.78. The number of nitrogens with one attached hydrogen (secondary N) is 1. The summed E-state index contributed by atoms with van der Waals surface area (Å²) in [4.78, 5) is 4.19. The Morgan fingerprint density at radius 2 is 2.15 bits per heavy atom. The van der Waals surface area contributed by atoms with E-state index in [9.17, 15) is 4.39 Å². The van der Waals surface area contributed by atoms with E-state index in [1.165, 1.54) is 11.6 Å². The van der Waals surface area contributed by atoms with Crippen molar-refractivity contribution in [3.63, 3.8) is 0 Å². The van der Waals surface area contributed by atoms with Gasteiger partial charge in [0.05, 0.1) is 0 Å². The zero-order chi connectivity index (χ0) is 14.5. The lowest BCUT2D eigenvalue weighted by Crippen LogP contribution is -2.24. The third kappa shape index (κ3) is 3.64. The zero-order valence-corrected chi connectivity index (χ0v) is 13.2. The van der Waals surface area contributed by atoms with Crippen molar-refractivity contribution in [1.29, 1.82) is 0 Å². The molecule has 4 heteroatoms. The van der Waals surface area contributed by atoms with Crippen LogP contribution in [0.25, 0.3) is 0 Å². The van der Waals surface area contributed by atoms with Gasteiger partial charge in [0.1, 0.15) is 5.82 Å². The highest BCUT2D eigenvalue weighted by Gasteiger charge is 2.15. The molecule has 0 fully saturated rings. The number of hydrogen-bond acceptors (Lipinski definition) is 2. The quantitative estimate of drug-likeness (QED) is 0.885. The Morgan fingerprint density at radius 3 is 2.80 bits per heavy atom. The van der Waals surface area contributed by atoms with Crippen LogP contribution in [0.2, 0.25) is 0 Å². The molecule has 2 rings (SSSR count). The maximum atomic E-state index is 14.0. The molecule has 1 atom stereocenters. The summed E-state index contributed by atoms with van der Waals surface area (Å²) in [5, 5.41) is 3.41. The molecule has 1 heterocycles. The number of halogens is 2. The van der Waals surface area contributed by atoms with Crippen LogP contribution in [0.1, 0.15) is 29.7 Å². The molecule has 2 aromatic rings. The first kappa shape index (κ1) is 15.1. The molecule has 20 heavy (non-hydrogen) atoms. The molecule has 0 amide bonds. The number of hydrogen-bond donors (Lipinski definition) is 1. The zero-order valence-electron chi connectivity index (χ0n) is 11.7. The van der Waals surface area contributed by atoms with Gasteiger partial charge in [0.15, 0.2) is 0 Å². The summed E-state index contributed by atoms with van der Waals surface area (Å²) in [6.07, 6.45) is 4.25. The Bertz CT molecular complexity index is 586. The molecular formula is C16H18BrFN2. The molecule has 0 saturated heterocycles. The number of benzene rings is 1. The van der Waals surface area contributed by atoms with Crippen molar-refractivity contribution in [3.05, 3.63) is 63.6 Å². The average molecular weight is 337 g/mol. The highest BCUT2D eigenvalue weighted by atomic mass is 79.9. The van der Waals surface area contributed by atoms with Crippen LogP contribution in [0.5, 0.6) is 0 Å². The van der Waals surface area contributed by atoms with Crippen LogP contribution in [-0.4, -0.2) is 11.5 Å². The minimum absolute atomic E-state index is 0.0735. The Labute approximate surface area is 127 Å². The van der Waals surface area contributed by atoms with Gasteiger partial charge >= 0.3 is 0 Å². The van der Waals surface area contributed by atoms with Gasteiger partial charge in [-0.3, -0.25) is 4.98 Å².